The van der Waals surface area contributed by atoms with E-state index >= 15 is 0 Å². The molecular weight excluding hydrogens is 318 g/mol. The lowest BCUT2D eigenvalue weighted by Crippen LogP contribution is -2.62. The third-order valence-corrected chi connectivity index (χ3v) is 6.40. The Morgan fingerprint density at radius 3 is 2.36 bits per heavy atom. The normalized spacial score (nSPS) is 27.2. The lowest BCUT2D eigenvalue weighted by atomic mass is 9.91. The van der Waals surface area contributed by atoms with Gasteiger partial charge in [-0.15, -0.1) is 0 Å². The monoisotopic (exact) mass is 349 g/mol. The highest BCUT2D eigenvalue weighted by atomic mass is 16.2. The van der Waals surface area contributed by atoms with Gasteiger partial charge in [0.15, 0.2) is 0 Å². The van der Waals surface area contributed by atoms with E-state index in [1.807, 2.05) is 0 Å². The predicted octanol–water partition coefficient (Wildman–Crippen LogP) is 1.38. The van der Waals surface area contributed by atoms with Gasteiger partial charge in [0.1, 0.15) is 11.8 Å². The molecule has 1 heterocycles. The predicted molar refractivity (Wildman–Crippen MR) is 94.9 cm³/mol. The molecule has 0 unspecified atom stereocenters. The maximum atomic E-state index is 13.3. The van der Waals surface area contributed by atoms with Crippen molar-refractivity contribution in [1.82, 2.24) is 15.5 Å². The van der Waals surface area contributed by atoms with Crippen molar-refractivity contribution in [3.63, 3.8) is 0 Å². The average Bonchev–Trinajstić information content (AvgIpc) is 3.36. The Balaban J connectivity index is 1.72. The number of nitrogens with zero attached hydrogens (tertiary/aromatic N) is 1. The summed E-state index contributed by atoms with van der Waals surface area (Å²) in [4.78, 5) is 39.2. The molecule has 0 spiro atoms. The summed E-state index contributed by atoms with van der Waals surface area (Å²) in [5, 5.41) is 6.28. The fraction of sp³-hybridized carbons (Fsp3) is 0.842. The van der Waals surface area contributed by atoms with E-state index in [0.29, 0.717) is 12.8 Å². The lowest BCUT2D eigenvalue weighted by molar-refractivity contribution is -0.145. The molecule has 2 saturated carbocycles. The molecule has 2 aliphatic carbocycles. The molecule has 2 atom stereocenters. The van der Waals surface area contributed by atoms with E-state index in [9.17, 15) is 14.4 Å². The second-order valence-corrected chi connectivity index (χ2v) is 8.01. The number of likely N-dealkylation sites (N-methyl/N-ethyl adjacent to an activating group) is 1. The van der Waals surface area contributed by atoms with E-state index < -0.39 is 5.54 Å². The van der Waals surface area contributed by atoms with Crippen molar-refractivity contribution >= 4 is 18.1 Å². The minimum atomic E-state index is -0.823. The van der Waals surface area contributed by atoms with Crippen LogP contribution in [0.4, 0.5) is 0 Å². The standard InChI is InChI=1S/C19H31N3O3/c1-22(16(13-23)14-7-2-3-8-14)18(25)19(10-4-5-11-19)21-17(24)15-9-6-12-20-15/h13-16,20H,2-12H2,1H3,(H,21,24)/t15-,16-/m1/s1. The molecule has 0 radical (unpaired) electrons. The van der Waals surface area contributed by atoms with Gasteiger partial charge in [-0.3, -0.25) is 9.59 Å². The summed E-state index contributed by atoms with van der Waals surface area (Å²) in [6, 6.07) is -0.554. The highest BCUT2D eigenvalue weighted by molar-refractivity contribution is 5.94. The van der Waals surface area contributed by atoms with Crippen LogP contribution in [0.2, 0.25) is 0 Å². The van der Waals surface area contributed by atoms with Gasteiger partial charge in [-0.05, 0) is 51.0 Å². The van der Waals surface area contributed by atoms with E-state index in [2.05, 4.69) is 10.6 Å². The van der Waals surface area contributed by atoms with Crippen LogP contribution < -0.4 is 10.6 Å². The molecule has 2 amide bonds. The minimum Gasteiger partial charge on any atom is -0.340 e. The van der Waals surface area contributed by atoms with E-state index in [-0.39, 0.29) is 29.8 Å². The highest BCUT2D eigenvalue weighted by Gasteiger charge is 2.47. The maximum absolute atomic E-state index is 13.3. The van der Waals surface area contributed by atoms with Crippen LogP contribution in [0.5, 0.6) is 0 Å². The molecule has 140 valence electrons. The quantitative estimate of drug-likeness (QED) is 0.710. The van der Waals surface area contributed by atoms with E-state index in [4.69, 9.17) is 0 Å². The van der Waals surface area contributed by atoms with Gasteiger partial charge in [-0.25, -0.2) is 0 Å². The first-order valence-electron chi connectivity index (χ1n) is 9.85. The number of carbonyl (C=O) groups excluding carboxylic acids is 3. The van der Waals surface area contributed by atoms with Crippen LogP contribution in [-0.4, -0.2) is 54.2 Å². The molecule has 25 heavy (non-hydrogen) atoms. The van der Waals surface area contributed by atoms with Gasteiger partial charge in [0.2, 0.25) is 11.8 Å². The largest absolute Gasteiger partial charge is 0.340 e. The van der Waals surface area contributed by atoms with Crippen LogP contribution in [-0.2, 0) is 14.4 Å². The Bertz CT molecular complexity index is 504. The maximum Gasteiger partial charge on any atom is 0.248 e. The number of aldehydes is 1. The van der Waals surface area contributed by atoms with Crippen molar-refractivity contribution in [2.24, 2.45) is 5.92 Å². The Kier molecular flexibility index (Phi) is 5.77. The van der Waals surface area contributed by atoms with Gasteiger partial charge in [0, 0.05) is 7.05 Å². The molecule has 0 aromatic carbocycles. The van der Waals surface area contributed by atoms with Gasteiger partial charge in [0.05, 0.1) is 12.1 Å². The first-order valence-corrected chi connectivity index (χ1v) is 9.85. The molecule has 2 N–H and O–H groups in total. The van der Waals surface area contributed by atoms with Crippen molar-refractivity contribution in [3.05, 3.63) is 0 Å². The van der Waals surface area contributed by atoms with Crippen LogP contribution in [0, 0.1) is 5.92 Å². The lowest BCUT2D eigenvalue weighted by Gasteiger charge is -2.37. The van der Waals surface area contributed by atoms with Gasteiger partial charge in [0.25, 0.3) is 0 Å². The minimum absolute atomic E-state index is 0.0651. The van der Waals surface area contributed by atoms with Crippen molar-refractivity contribution < 1.29 is 14.4 Å². The summed E-state index contributed by atoms with van der Waals surface area (Å²) in [7, 11) is 1.74. The van der Waals surface area contributed by atoms with E-state index in [1.165, 1.54) is 0 Å². The van der Waals surface area contributed by atoms with Crippen LogP contribution in [0.3, 0.4) is 0 Å². The summed E-state index contributed by atoms with van der Waals surface area (Å²) >= 11 is 0. The summed E-state index contributed by atoms with van der Waals surface area (Å²) in [6.45, 7) is 0.855. The second kappa shape index (κ2) is 7.85. The third kappa shape index (κ3) is 3.73. The Morgan fingerprint density at radius 2 is 1.80 bits per heavy atom. The molecule has 3 aliphatic rings. The van der Waals surface area contributed by atoms with E-state index in [1.54, 1.807) is 11.9 Å². The first kappa shape index (κ1) is 18.4. The Labute approximate surface area is 150 Å². The molecule has 6 heteroatoms. The van der Waals surface area contributed by atoms with Crippen molar-refractivity contribution in [3.8, 4) is 0 Å². The van der Waals surface area contributed by atoms with Crippen molar-refractivity contribution in [1.29, 1.82) is 0 Å². The van der Waals surface area contributed by atoms with Crippen molar-refractivity contribution in [2.45, 2.75) is 81.8 Å². The number of hydrogen-bond donors (Lipinski definition) is 2. The molecule has 3 fully saturated rings. The number of amides is 2. The number of nitrogens with one attached hydrogen (secondary N) is 2. The number of carbonyl (C=O) groups is 3. The molecule has 0 bridgehead atoms. The first-order chi connectivity index (χ1) is 12.1. The summed E-state index contributed by atoms with van der Waals surface area (Å²) in [5.41, 5.74) is -0.823. The zero-order valence-electron chi connectivity index (χ0n) is 15.3. The molecule has 0 aromatic heterocycles. The van der Waals surface area contributed by atoms with Crippen LogP contribution in [0.1, 0.15) is 64.2 Å². The smallest absolute Gasteiger partial charge is 0.248 e. The fourth-order valence-electron chi connectivity index (χ4n) is 4.89. The van der Waals surface area contributed by atoms with Gasteiger partial charge >= 0.3 is 0 Å². The second-order valence-electron chi connectivity index (χ2n) is 8.01. The van der Waals surface area contributed by atoms with Crippen LogP contribution in [0.15, 0.2) is 0 Å². The summed E-state index contributed by atoms with van der Waals surface area (Å²) in [5.74, 6) is 0.113. The van der Waals surface area contributed by atoms with Crippen LogP contribution in [0.25, 0.3) is 0 Å². The van der Waals surface area contributed by atoms with E-state index in [0.717, 1.165) is 64.2 Å². The molecule has 6 nitrogen and oxygen atoms in total. The molecule has 3 rings (SSSR count). The van der Waals surface area contributed by atoms with Gasteiger partial charge in [-0.2, -0.15) is 0 Å². The number of rotatable bonds is 6. The number of hydrogen-bond acceptors (Lipinski definition) is 4. The SMILES string of the molecule is CN(C(=O)C1(NC(=O)[C@H]2CCCN2)CCCC1)[C@H](C=O)C1CCCC1. The summed E-state index contributed by atoms with van der Waals surface area (Å²) in [6.07, 6.45) is 10.2. The zero-order valence-corrected chi connectivity index (χ0v) is 15.3. The average molecular weight is 349 g/mol. The molecule has 1 aliphatic heterocycles. The highest BCUT2D eigenvalue weighted by Crippen LogP contribution is 2.35. The zero-order chi connectivity index (χ0) is 17.9. The van der Waals surface area contributed by atoms with Crippen molar-refractivity contribution in [2.75, 3.05) is 13.6 Å². The van der Waals surface area contributed by atoms with Crippen LogP contribution >= 0.6 is 0 Å². The Morgan fingerprint density at radius 1 is 1.12 bits per heavy atom. The van der Waals surface area contributed by atoms with Gasteiger partial charge < -0.3 is 20.3 Å². The molecular formula is C19H31N3O3. The fourth-order valence-corrected chi connectivity index (χ4v) is 4.89. The molecule has 0 aromatic rings. The topological polar surface area (TPSA) is 78.5 Å². The third-order valence-electron chi connectivity index (χ3n) is 6.40. The Hall–Kier alpha value is -1.43. The summed E-state index contributed by atoms with van der Waals surface area (Å²) < 4.78 is 0. The van der Waals surface area contributed by atoms with Gasteiger partial charge in [-0.1, -0.05) is 25.7 Å². The molecule has 1 saturated heterocycles.